The van der Waals surface area contributed by atoms with Crippen molar-refractivity contribution in [2.24, 2.45) is 0 Å². The molecular formula is C16H10FNO2S. The van der Waals surface area contributed by atoms with Crippen LogP contribution in [-0.4, -0.2) is 10.1 Å². The fraction of sp³-hybridized carbons (Fsp3) is 0.0625. The lowest BCUT2D eigenvalue weighted by Crippen LogP contribution is -1.98. The molecular weight excluding hydrogens is 289 g/mol. The van der Waals surface area contributed by atoms with E-state index in [1.165, 1.54) is 12.1 Å². The highest BCUT2D eigenvalue weighted by atomic mass is 32.1. The van der Waals surface area contributed by atoms with Crippen molar-refractivity contribution >= 4 is 32.5 Å². The van der Waals surface area contributed by atoms with Gasteiger partial charge >= 0.3 is 0 Å². The Labute approximate surface area is 123 Å². The number of aliphatic hydroxyl groups excluding tert-OH is 1. The maximum atomic E-state index is 13.2. The van der Waals surface area contributed by atoms with Crippen molar-refractivity contribution in [3.63, 3.8) is 0 Å². The molecule has 21 heavy (non-hydrogen) atoms. The number of fused-ring (bicyclic) bond motifs is 2. The van der Waals surface area contributed by atoms with Crippen LogP contribution in [0.5, 0.6) is 0 Å². The zero-order valence-corrected chi connectivity index (χ0v) is 11.6. The van der Waals surface area contributed by atoms with Crippen LogP contribution in [0.15, 0.2) is 52.4 Å². The highest BCUT2D eigenvalue weighted by Gasteiger charge is 2.17. The molecule has 4 rings (SSSR count). The Balaban J connectivity index is 1.79. The van der Waals surface area contributed by atoms with Crippen LogP contribution in [0.3, 0.4) is 0 Å². The van der Waals surface area contributed by atoms with Gasteiger partial charge in [0, 0.05) is 17.1 Å². The van der Waals surface area contributed by atoms with Crippen LogP contribution in [-0.2, 0) is 0 Å². The molecule has 0 aliphatic rings. The molecule has 3 aromatic heterocycles. The lowest BCUT2D eigenvalue weighted by atomic mass is 10.1. The summed E-state index contributed by atoms with van der Waals surface area (Å²) in [7, 11) is 0. The van der Waals surface area contributed by atoms with Crippen LogP contribution >= 0.6 is 11.3 Å². The van der Waals surface area contributed by atoms with E-state index < -0.39 is 6.10 Å². The number of furan rings is 1. The van der Waals surface area contributed by atoms with E-state index in [-0.39, 0.29) is 5.82 Å². The number of benzene rings is 1. The second-order valence-corrected chi connectivity index (χ2v) is 5.75. The molecule has 0 amide bonds. The highest BCUT2D eigenvalue weighted by molar-refractivity contribution is 7.17. The van der Waals surface area contributed by atoms with Gasteiger partial charge in [0.05, 0.1) is 10.2 Å². The van der Waals surface area contributed by atoms with Crippen molar-refractivity contribution in [3.8, 4) is 0 Å². The van der Waals surface area contributed by atoms with E-state index in [0.717, 1.165) is 10.2 Å². The monoisotopic (exact) mass is 299 g/mol. The van der Waals surface area contributed by atoms with E-state index >= 15 is 0 Å². The number of hydrogen-bond acceptors (Lipinski definition) is 4. The molecule has 0 saturated heterocycles. The summed E-state index contributed by atoms with van der Waals surface area (Å²) in [6, 6.07) is 9.76. The summed E-state index contributed by atoms with van der Waals surface area (Å²) in [4.78, 5) is 4.30. The number of halogens is 1. The van der Waals surface area contributed by atoms with Crippen molar-refractivity contribution in [1.82, 2.24) is 4.98 Å². The summed E-state index contributed by atoms with van der Waals surface area (Å²) in [5.41, 5.74) is 2.11. The summed E-state index contributed by atoms with van der Waals surface area (Å²) in [6.45, 7) is 0. The Morgan fingerprint density at radius 2 is 2.10 bits per heavy atom. The summed E-state index contributed by atoms with van der Waals surface area (Å²) >= 11 is 1.57. The summed E-state index contributed by atoms with van der Waals surface area (Å²) in [5.74, 6) is 0.0549. The molecule has 3 heterocycles. The van der Waals surface area contributed by atoms with E-state index in [4.69, 9.17) is 4.42 Å². The third kappa shape index (κ3) is 2.11. The van der Waals surface area contributed by atoms with Crippen LogP contribution in [0.4, 0.5) is 4.39 Å². The van der Waals surface area contributed by atoms with Gasteiger partial charge < -0.3 is 9.52 Å². The van der Waals surface area contributed by atoms with Crippen molar-refractivity contribution in [2.45, 2.75) is 6.10 Å². The molecule has 1 unspecified atom stereocenters. The van der Waals surface area contributed by atoms with Gasteiger partial charge in [-0.05, 0) is 41.8 Å². The first kappa shape index (κ1) is 12.5. The van der Waals surface area contributed by atoms with Crippen LogP contribution in [0.25, 0.3) is 21.2 Å². The van der Waals surface area contributed by atoms with Gasteiger partial charge in [-0.2, -0.15) is 0 Å². The topological polar surface area (TPSA) is 46.3 Å². The molecule has 1 atom stereocenters. The number of thiophene rings is 1. The van der Waals surface area contributed by atoms with Crippen molar-refractivity contribution in [3.05, 3.63) is 65.1 Å². The molecule has 0 radical (unpaired) electrons. The molecule has 0 spiro atoms. The van der Waals surface area contributed by atoms with Crippen LogP contribution in [0.1, 0.15) is 17.4 Å². The molecule has 0 aliphatic carbocycles. The molecule has 1 N–H and O–H groups in total. The Morgan fingerprint density at radius 1 is 1.19 bits per heavy atom. The Bertz CT molecular complexity index is 944. The first-order chi connectivity index (χ1) is 10.2. The minimum atomic E-state index is -0.917. The van der Waals surface area contributed by atoms with Gasteiger partial charge in [-0.3, -0.25) is 4.98 Å². The molecule has 4 aromatic rings. The average Bonchev–Trinajstić information content (AvgIpc) is 3.11. The standard InChI is InChI=1S/C16H10FNO2S/c17-11-1-2-13-9(5-11)6-14(20-13)16(19)10-7-15-12(18-8-10)3-4-21-15/h1-8,16,19H. The van der Waals surface area contributed by atoms with E-state index in [1.54, 1.807) is 29.7 Å². The highest BCUT2D eigenvalue weighted by Crippen LogP contribution is 2.30. The second kappa shape index (κ2) is 4.65. The molecule has 0 aliphatic heterocycles. The van der Waals surface area contributed by atoms with Gasteiger partial charge in [0.25, 0.3) is 0 Å². The van der Waals surface area contributed by atoms with Crippen LogP contribution in [0, 0.1) is 5.82 Å². The quantitative estimate of drug-likeness (QED) is 0.601. The Hall–Kier alpha value is -2.24. The maximum Gasteiger partial charge on any atom is 0.138 e. The van der Waals surface area contributed by atoms with E-state index in [9.17, 15) is 9.50 Å². The molecule has 104 valence electrons. The Kier molecular flexibility index (Phi) is 2.77. The predicted molar refractivity (Wildman–Crippen MR) is 79.9 cm³/mol. The lowest BCUT2D eigenvalue weighted by Gasteiger charge is -2.07. The van der Waals surface area contributed by atoms with E-state index in [1.807, 2.05) is 17.5 Å². The van der Waals surface area contributed by atoms with E-state index in [2.05, 4.69) is 4.98 Å². The maximum absolute atomic E-state index is 13.2. The van der Waals surface area contributed by atoms with Crippen molar-refractivity contribution in [1.29, 1.82) is 0 Å². The number of pyridine rings is 1. The lowest BCUT2D eigenvalue weighted by molar-refractivity contribution is 0.192. The first-order valence-electron chi connectivity index (χ1n) is 6.41. The zero-order valence-electron chi connectivity index (χ0n) is 10.8. The fourth-order valence-corrected chi connectivity index (χ4v) is 3.13. The summed E-state index contributed by atoms with van der Waals surface area (Å²) in [6.07, 6.45) is 0.715. The number of aliphatic hydroxyl groups is 1. The number of rotatable bonds is 2. The Morgan fingerprint density at radius 3 is 3.00 bits per heavy atom. The fourth-order valence-electron chi connectivity index (χ4n) is 2.34. The van der Waals surface area contributed by atoms with Crippen LogP contribution < -0.4 is 0 Å². The molecule has 3 nitrogen and oxygen atoms in total. The van der Waals surface area contributed by atoms with Crippen LogP contribution in [0.2, 0.25) is 0 Å². The summed E-state index contributed by atoms with van der Waals surface area (Å²) in [5, 5.41) is 13.0. The first-order valence-corrected chi connectivity index (χ1v) is 7.29. The van der Waals surface area contributed by atoms with Gasteiger partial charge in [0.1, 0.15) is 23.3 Å². The van der Waals surface area contributed by atoms with E-state index in [0.29, 0.717) is 22.3 Å². The van der Waals surface area contributed by atoms with Gasteiger partial charge in [0.2, 0.25) is 0 Å². The van der Waals surface area contributed by atoms with Crippen molar-refractivity contribution < 1.29 is 13.9 Å². The third-order valence-corrected chi connectivity index (χ3v) is 4.26. The molecule has 0 saturated carbocycles. The molecule has 0 fully saturated rings. The minimum absolute atomic E-state index is 0.328. The van der Waals surface area contributed by atoms with Gasteiger partial charge in [-0.25, -0.2) is 4.39 Å². The number of aromatic nitrogens is 1. The number of hydrogen-bond donors (Lipinski definition) is 1. The van der Waals surface area contributed by atoms with Gasteiger partial charge in [0.15, 0.2) is 0 Å². The number of nitrogens with zero attached hydrogens (tertiary/aromatic N) is 1. The molecule has 5 heteroatoms. The minimum Gasteiger partial charge on any atom is -0.458 e. The van der Waals surface area contributed by atoms with Crippen molar-refractivity contribution in [2.75, 3.05) is 0 Å². The second-order valence-electron chi connectivity index (χ2n) is 4.81. The normalized spacial score (nSPS) is 13.0. The zero-order chi connectivity index (χ0) is 14.4. The SMILES string of the molecule is OC(c1cnc2ccsc2c1)c1cc2cc(F)ccc2o1. The van der Waals surface area contributed by atoms with Gasteiger partial charge in [-0.1, -0.05) is 0 Å². The molecule has 0 bridgehead atoms. The largest absolute Gasteiger partial charge is 0.458 e. The third-order valence-electron chi connectivity index (χ3n) is 3.41. The smallest absolute Gasteiger partial charge is 0.138 e. The summed E-state index contributed by atoms with van der Waals surface area (Å²) < 4.78 is 19.8. The molecule has 1 aromatic carbocycles. The predicted octanol–water partition coefficient (Wildman–Crippen LogP) is 4.26. The average molecular weight is 299 g/mol. The van der Waals surface area contributed by atoms with Gasteiger partial charge in [-0.15, -0.1) is 11.3 Å².